The van der Waals surface area contributed by atoms with Crippen LogP contribution in [0.4, 0.5) is 0 Å². The lowest BCUT2D eigenvalue weighted by Crippen LogP contribution is -1.92. The Morgan fingerprint density at radius 1 is 1.33 bits per heavy atom. The summed E-state index contributed by atoms with van der Waals surface area (Å²) in [5.74, 6) is 7.52. The Labute approximate surface area is 128 Å². The summed E-state index contributed by atoms with van der Waals surface area (Å²) in [4.78, 5) is 8.28. The maximum atomic E-state index is 8.75. The number of hydrogen-bond donors (Lipinski definition) is 1. The summed E-state index contributed by atoms with van der Waals surface area (Å²) >= 11 is 1.60. The van der Waals surface area contributed by atoms with E-state index in [2.05, 4.69) is 21.8 Å². The lowest BCUT2D eigenvalue weighted by molar-refractivity contribution is 0.305. The molecule has 1 N–H and O–H groups in total. The van der Waals surface area contributed by atoms with Gasteiger partial charge in [-0.15, -0.1) is 0 Å². The molecule has 0 aliphatic rings. The molecule has 1 aromatic carbocycles. The van der Waals surface area contributed by atoms with Gasteiger partial charge in [-0.1, -0.05) is 23.6 Å². The standard InChI is InChI=1S/C16H16N2O2S/c1-20-15-6-5-13(4-2-3-9-19)10-14(15)12-21-16-11-17-7-8-18-16/h5-8,10-11,19H,3,9,12H2,1H3. The third-order valence-electron chi connectivity index (χ3n) is 2.66. The van der Waals surface area contributed by atoms with E-state index in [-0.39, 0.29) is 6.61 Å². The van der Waals surface area contributed by atoms with E-state index in [9.17, 15) is 0 Å². The Bertz CT molecular complexity index is 636. The number of aliphatic hydroxyl groups is 1. The number of ether oxygens (including phenoxy) is 1. The number of rotatable bonds is 5. The molecule has 0 atom stereocenters. The van der Waals surface area contributed by atoms with Crippen LogP contribution in [0.2, 0.25) is 0 Å². The molecule has 4 nitrogen and oxygen atoms in total. The fourth-order valence-corrected chi connectivity index (χ4v) is 2.50. The fourth-order valence-electron chi connectivity index (χ4n) is 1.70. The van der Waals surface area contributed by atoms with E-state index < -0.39 is 0 Å². The molecule has 0 amide bonds. The Morgan fingerprint density at radius 3 is 2.95 bits per heavy atom. The lowest BCUT2D eigenvalue weighted by Gasteiger charge is -2.08. The van der Waals surface area contributed by atoms with Crippen molar-refractivity contribution in [3.05, 3.63) is 47.9 Å². The molecule has 1 aromatic heterocycles. The molecule has 0 aliphatic heterocycles. The number of aromatic nitrogens is 2. The first-order chi connectivity index (χ1) is 10.3. The van der Waals surface area contributed by atoms with Gasteiger partial charge >= 0.3 is 0 Å². The molecule has 21 heavy (non-hydrogen) atoms. The minimum atomic E-state index is 0.0819. The molecular formula is C16H16N2O2S. The maximum Gasteiger partial charge on any atom is 0.122 e. The molecule has 0 radical (unpaired) electrons. The number of hydrogen-bond acceptors (Lipinski definition) is 5. The van der Waals surface area contributed by atoms with Gasteiger partial charge in [0.2, 0.25) is 0 Å². The van der Waals surface area contributed by atoms with E-state index in [1.807, 2.05) is 18.2 Å². The van der Waals surface area contributed by atoms with E-state index in [1.165, 1.54) is 0 Å². The largest absolute Gasteiger partial charge is 0.496 e. The third kappa shape index (κ3) is 4.78. The van der Waals surface area contributed by atoms with E-state index in [4.69, 9.17) is 9.84 Å². The highest BCUT2D eigenvalue weighted by atomic mass is 32.2. The van der Waals surface area contributed by atoms with Crippen LogP contribution < -0.4 is 4.74 Å². The van der Waals surface area contributed by atoms with E-state index in [0.29, 0.717) is 6.42 Å². The number of aliphatic hydroxyl groups excluding tert-OH is 1. The molecule has 0 unspecified atom stereocenters. The first kappa shape index (κ1) is 15.4. The molecule has 0 aliphatic carbocycles. The number of thioether (sulfide) groups is 1. The van der Waals surface area contributed by atoms with Crippen molar-refractivity contribution < 1.29 is 9.84 Å². The van der Waals surface area contributed by atoms with Gasteiger partial charge in [0.15, 0.2) is 0 Å². The summed E-state index contributed by atoms with van der Waals surface area (Å²) in [6.07, 6.45) is 5.55. The zero-order chi connectivity index (χ0) is 14.9. The molecule has 2 rings (SSSR count). The summed E-state index contributed by atoms with van der Waals surface area (Å²) in [6, 6.07) is 5.84. The monoisotopic (exact) mass is 300 g/mol. The molecule has 2 aromatic rings. The van der Waals surface area contributed by atoms with Crippen LogP contribution in [0.15, 0.2) is 41.8 Å². The molecule has 108 valence electrons. The fraction of sp³-hybridized carbons (Fsp3) is 0.250. The summed E-state index contributed by atoms with van der Waals surface area (Å²) in [6.45, 7) is 0.0819. The first-order valence-electron chi connectivity index (χ1n) is 6.49. The average molecular weight is 300 g/mol. The zero-order valence-electron chi connectivity index (χ0n) is 11.7. The van der Waals surface area contributed by atoms with Crippen molar-refractivity contribution >= 4 is 11.8 Å². The van der Waals surface area contributed by atoms with E-state index in [0.717, 1.165) is 27.7 Å². The van der Waals surface area contributed by atoms with Gasteiger partial charge in [-0.25, -0.2) is 4.98 Å². The average Bonchev–Trinajstić information content (AvgIpc) is 2.54. The van der Waals surface area contributed by atoms with Crippen LogP contribution in [0, 0.1) is 11.8 Å². The normalized spacial score (nSPS) is 9.81. The molecule has 0 saturated heterocycles. The van der Waals surface area contributed by atoms with Crippen LogP contribution in [-0.4, -0.2) is 28.8 Å². The van der Waals surface area contributed by atoms with Crippen LogP contribution >= 0.6 is 11.8 Å². The van der Waals surface area contributed by atoms with Crippen molar-refractivity contribution in [1.29, 1.82) is 0 Å². The maximum absolute atomic E-state index is 8.75. The Morgan fingerprint density at radius 2 is 2.24 bits per heavy atom. The predicted octanol–water partition coefficient (Wildman–Crippen LogP) is 2.51. The second kappa shape index (κ2) is 8.30. The molecule has 0 fully saturated rings. The molecular weight excluding hydrogens is 284 g/mol. The summed E-state index contributed by atoms with van der Waals surface area (Å²) < 4.78 is 5.38. The Balaban J connectivity index is 2.13. The summed E-state index contributed by atoms with van der Waals surface area (Å²) in [5.41, 5.74) is 1.97. The minimum absolute atomic E-state index is 0.0819. The van der Waals surface area contributed by atoms with Crippen molar-refractivity contribution in [2.75, 3.05) is 13.7 Å². The van der Waals surface area contributed by atoms with E-state index >= 15 is 0 Å². The smallest absolute Gasteiger partial charge is 0.122 e. The molecule has 5 heteroatoms. The van der Waals surface area contributed by atoms with Crippen LogP contribution in [-0.2, 0) is 5.75 Å². The van der Waals surface area contributed by atoms with Crippen LogP contribution in [0.5, 0.6) is 5.75 Å². The highest BCUT2D eigenvalue weighted by molar-refractivity contribution is 7.98. The number of benzene rings is 1. The van der Waals surface area contributed by atoms with Crippen molar-refractivity contribution in [1.82, 2.24) is 9.97 Å². The minimum Gasteiger partial charge on any atom is -0.496 e. The Hall–Kier alpha value is -2.03. The zero-order valence-corrected chi connectivity index (χ0v) is 12.6. The molecule has 0 bridgehead atoms. The predicted molar refractivity (Wildman–Crippen MR) is 83.2 cm³/mol. The quantitative estimate of drug-likeness (QED) is 0.679. The highest BCUT2D eigenvalue weighted by Crippen LogP contribution is 2.27. The van der Waals surface area contributed by atoms with Crippen LogP contribution in [0.3, 0.4) is 0 Å². The van der Waals surface area contributed by atoms with Gasteiger partial charge in [0.1, 0.15) is 10.8 Å². The summed E-state index contributed by atoms with van der Waals surface area (Å²) in [7, 11) is 1.66. The number of methoxy groups -OCH3 is 1. The second-order valence-corrected chi connectivity index (χ2v) is 5.13. The SMILES string of the molecule is COc1ccc(C#CCCO)cc1CSc1cnccn1. The van der Waals surface area contributed by atoms with E-state index in [1.54, 1.807) is 37.5 Å². The third-order valence-corrected chi connectivity index (χ3v) is 3.63. The van der Waals surface area contributed by atoms with Gasteiger partial charge in [0, 0.05) is 35.7 Å². The Kier molecular flexibility index (Phi) is 6.07. The van der Waals surface area contributed by atoms with Crippen molar-refractivity contribution in [3.8, 4) is 17.6 Å². The van der Waals surface area contributed by atoms with Gasteiger partial charge in [-0.05, 0) is 18.2 Å². The lowest BCUT2D eigenvalue weighted by atomic mass is 10.1. The first-order valence-corrected chi connectivity index (χ1v) is 7.47. The van der Waals surface area contributed by atoms with Gasteiger partial charge in [-0.2, -0.15) is 0 Å². The number of nitrogens with zero attached hydrogens (tertiary/aromatic N) is 2. The van der Waals surface area contributed by atoms with Crippen molar-refractivity contribution in [2.45, 2.75) is 17.2 Å². The molecule has 0 spiro atoms. The summed E-state index contributed by atoms with van der Waals surface area (Å²) in [5, 5.41) is 9.62. The van der Waals surface area contributed by atoms with Crippen molar-refractivity contribution in [2.24, 2.45) is 0 Å². The second-order valence-electron chi connectivity index (χ2n) is 4.13. The van der Waals surface area contributed by atoms with Gasteiger partial charge in [-0.3, -0.25) is 4.98 Å². The van der Waals surface area contributed by atoms with Crippen molar-refractivity contribution in [3.63, 3.8) is 0 Å². The van der Waals surface area contributed by atoms with Gasteiger partial charge < -0.3 is 9.84 Å². The molecule has 1 heterocycles. The highest BCUT2D eigenvalue weighted by Gasteiger charge is 2.05. The van der Waals surface area contributed by atoms with Gasteiger partial charge in [0.25, 0.3) is 0 Å². The van der Waals surface area contributed by atoms with Crippen LogP contribution in [0.25, 0.3) is 0 Å². The van der Waals surface area contributed by atoms with Gasteiger partial charge in [0.05, 0.1) is 19.9 Å². The topological polar surface area (TPSA) is 55.2 Å². The van der Waals surface area contributed by atoms with Crippen LogP contribution in [0.1, 0.15) is 17.5 Å². The molecule has 0 saturated carbocycles.